The minimum atomic E-state index is 1.03. The maximum atomic E-state index is 3.80. The molecule has 5 heterocycles. The molecule has 190 valence electrons. The van der Waals surface area contributed by atoms with Crippen molar-refractivity contribution in [3.63, 3.8) is 0 Å². The summed E-state index contributed by atoms with van der Waals surface area (Å²) in [5.41, 5.74) is 7.10. The molecule has 0 saturated heterocycles. The second kappa shape index (κ2) is 8.14. The van der Waals surface area contributed by atoms with E-state index in [1.54, 1.807) is 0 Å². The maximum Gasteiger partial charge on any atom is 0.0485 e. The molecule has 4 heteroatoms. The van der Waals surface area contributed by atoms with Crippen LogP contribution >= 0.6 is 0 Å². The molecule has 2 aliphatic rings. The Labute approximate surface area is 229 Å². The highest BCUT2D eigenvalue weighted by Gasteiger charge is 2.15. The third-order valence-electron chi connectivity index (χ3n) is 8.54. The first kappa shape index (κ1) is 21.7. The van der Waals surface area contributed by atoms with Crippen LogP contribution in [0.15, 0.2) is 78.9 Å². The lowest BCUT2D eigenvalue weighted by atomic mass is 9.99. The number of hydrogen-bond donors (Lipinski definition) is 4. The Morgan fingerprint density at radius 1 is 0.425 bits per heavy atom. The van der Waals surface area contributed by atoms with Gasteiger partial charge in [-0.3, -0.25) is 0 Å². The SMILES string of the molecule is C1=Cc2c(c3[nH]c2=Cc2[nH]c(c4ccccc24)C=c2[nH]c(c4ccccc24)=Cc2[nH]c(c4ccccc24)C=3)CC1. The van der Waals surface area contributed by atoms with Crippen molar-refractivity contribution < 1.29 is 0 Å². The van der Waals surface area contributed by atoms with Gasteiger partial charge in [0.25, 0.3) is 0 Å². The topological polar surface area (TPSA) is 63.2 Å². The van der Waals surface area contributed by atoms with Crippen molar-refractivity contribution in [2.45, 2.75) is 12.8 Å². The van der Waals surface area contributed by atoms with Crippen LogP contribution in [0.3, 0.4) is 0 Å². The number of aromatic amines is 4. The third kappa shape index (κ3) is 3.13. The van der Waals surface area contributed by atoms with Gasteiger partial charge in [0.2, 0.25) is 0 Å². The highest BCUT2D eigenvalue weighted by atomic mass is 14.8. The first-order valence-electron chi connectivity index (χ1n) is 13.9. The van der Waals surface area contributed by atoms with E-state index >= 15 is 0 Å². The van der Waals surface area contributed by atoms with Crippen LogP contribution in [-0.4, -0.2) is 19.9 Å². The molecule has 1 aliphatic heterocycles. The summed E-state index contributed by atoms with van der Waals surface area (Å²) in [6.07, 6.45) is 15.7. The Kier molecular flexibility index (Phi) is 4.41. The smallest absolute Gasteiger partial charge is 0.0485 e. The van der Waals surface area contributed by atoms with E-state index in [2.05, 4.69) is 129 Å². The van der Waals surface area contributed by atoms with E-state index < -0.39 is 0 Å². The zero-order chi connectivity index (χ0) is 26.2. The van der Waals surface area contributed by atoms with Gasteiger partial charge in [0.05, 0.1) is 0 Å². The molecule has 0 spiro atoms. The van der Waals surface area contributed by atoms with E-state index in [-0.39, 0.29) is 0 Å². The largest absolute Gasteiger partial charge is 0.355 e. The Morgan fingerprint density at radius 3 is 1.38 bits per heavy atom. The van der Waals surface area contributed by atoms with Crippen molar-refractivity contribution in [1.82, 2.24) is 19.9 Å². The van der Waals surface area contributed by atoms with Gasteiger partial charge in [-0.25, -0.2) is 0 Å². The molecule has 40 heavy (non-hydrogen) atoms. The van der Waals surface area contributed by atoms with Crippen LogP contribution in [0, 0.1) is 0 Å². The molecule has 0 atom stereocenters. The number of nitrogens with one attached hydrogen (secondary N) is 4. The minimum absolute atomic E-state index is 1.03. The molecule has 9 rings (SSSR count). The van der Waals surface area contributed by atoms with Gasteiger partial charge in [-0.1, -0.05) is 84.9 Å². The van der Waals surface area contributed by atoms with Crippen molar-refractivity contribution in [3.8, 4) is 0 Å². The highest BCUT2D eigenvalue weighted by Crippen LogP contribution is 2.26. The Morgan fingerprint density at radius 2 is 0.850 bits per heavy atom. The van der Waals surface area contributed by atoms with E-state index in [4.69, 9.17) is 0 Å². The maximum absolute atomic E-state index is 3.80. The molecular formula is C36H26N4. The number of benzene rings is 3. The third-order valence-corrected chi connectivity index (χ3v) is 8.54. The summed E-state index contributed by atoms with van der Waals surface area (Å²) in [4.78, 5) is 15.1. The van der Waals surface area contributed by atoms with Gasteiger partial charge >= 0.3 is 0 Å². The fourth-order valence-electron chi connectivity index (χ4n) is 6.68. The summed E-state index contributed by atoms with van der Waals surface area (Å²) in [5, 5.41) is 11.8. The molecule has 0 amide bonds. The Hall–Kier alpha value is -5.22. The van der Waals surface area contributed by atoms with Crippen molar-refractivity contribution in [2.24, 2.45) is 0 Å². The Balaban J connectivity index is 1.49. The number of fused-ring (bicyclic) bond motifs is 20. The minimum Gasteiger partial charge on any atom is -0.355 e. The quantitative estimate of drug-likeness (QED) is 0.219. The van der Waals surface area contributed by atoms with Crippen LogP contribution in [-0.2, 0) is 6.42 Å². The molecule has 3 aromatic carbocycles. The van der Waals surface area contributed by atoms with Crippen LogP contribution in [0.5, 0.6) is 0 Å². The average molecular weight is 515 g/mol. The van der Waals surface area contributed by atoms with Crippen LogP contribution in [0.25, 0.3) is 62.7 Å². The zero-order valence-corrected chi connectivity index (χ0v) is 21.8. The highest BCUT2D eigenvalue weighted by molar-refractivity contribution is 5.98. The van der Waals surface area contributed by atoms with Gasteiger partial charge < -0.3 is 19.9 Å². The molecule has 1 aliphatic carbocycles. The van der Waals surface area contributed by atoms with E-state index in [1.807, 2.05) is 0 Å². The van der Waals surface area contributed by atoms with Crippen LogP contribution in [0.4, 0.5) is 0 Å². The lowest BCUT2D eigenvalue weighted by Crippen LogP contribution is -2.12. The van der Waals surface area contributed by atoms with E-state index in [0.29, 0.717) is 0 Å². The van der Waals surface area contributed by atoms with Gasteiger partial charge in [-0.2, -0.15) is 0 Å². The first-order valence-corrected chi connectivity index (χ1v) is 13.9. The fourth-order valence-corrected chi connectivity index (χ4v) is 6.68. The van der Waals surface area contributed by atoms with Crippen LogP contribution in [0.2, 0.25) is 0 Å². The summed E-state index contributed by atoms with van der Waals surface area (Å²) in [5.74, 6) is 0. The molecule has 0 radical (unpaired) electrons. The molecule has 0 saturated carbocycles. The fraction of sp³-hybridized carbons (Fsp3) is 0.0556. The molecule has 8 bridgehead atoms. The van der Waals surface area contributed by atoms with E-state index in [9.17, 15) is 0 Å². The average Bonchev–Trinajstić information content (AvgIpc) is 3.73. The van der Waals surface area contributed by atoms with Crippen LogP contribution < -0.4 is 21.4 Å². The van der Waals surface area contributed by atoms with Crippen molar-refractivity contribution in [2.75, 3.05) is 0 Å². The Bertz CT molecular complexity index is 2440. The summed E-state index contributed by atoms with van der Waals surface area (Å²) >= 11 is 0. The van der Waals surface area contributed by atoms with Gasteiger partial charge in [-0.05, 0) is 42.7 Å². The second-order valence-electron chi connectivity index (χ2n) is 10.9. The summed E-state index contributed by atoms with van der Waals surface area (Å²) in [6.45, 7) is 0. The van der Waals surface area contributed by atoms with Gasteiger partial charge in [-0.15, -0.1) is 0 Å². The standard InChI is InChI=1S/C36H26N4/c1-2-10-22-21(9-1)29-17-31-23-11-3-4-12-24(23)33(38-31)19-35-27-15-7-8-16-28(27)36(40-35)20-34-26-14-6-5-13-25(26)32(39-34)18-30(22)37-29/h1-7,9-15,17-20,37-40H,8,16H2. The molecule has 0 unspecified atom stereocenters. The normalized spacial score (nSPS) is 14.0. The van der Waals surface area contributed by atoms with Gasteiger partial charge in [0.15, 0.2) is 0 Å². The zero-order valence-electron chi connectivity index (χ0n) is 21.8. The van der Waals surface area contributed by atoms with Crippen molar-refractivity contribution in [3.05, 3.63) is 134 Å². The molecule has 4 N–H and O–H groups in total. The molecule has 7 aromatic rings. The van der Waals surface area contributed by atoms with Crippen LogP contribution in [0.1, 0.15) is 40.3 Å². The monoisotopic (exact) mass is 514 g/mol. The van der Waals surface area contributed by atoms with E-state index in [0.717, 1.165) is 51.7 Å². The summed E-state index contributed by atoms with van der Waals surface area (Å²) in [7, 11) is 0. The lowest BCUT2D eigenvalue weighted by Gasteiger charge is -2.04. The number of H-pyrrole nitrogens is 4. The van der Waals surface area contributed by atoms with Crippen molar-refractivity contribution in [1.29, 1.82) is 0 Å². The summed E-state index contributed by atoms with van der Waals surface area (Å²) in [6, 6.07) is 25.9. The molecule has 4 nitrogen and oxygen atoms in total. The number of hydrogen-bond acceptors (Lipinski definition) is 0. The summed E-state index contributed by atoms with van der Waals surface area (Å²) < 4.78 is 0. The lowest BCUT2D eigenvalue weighted by molar-refractivity contribution is 0.979. The predicted molar refractivity (Wildman–Crippen MR) is 166 cm³/mol. The van der Waals surface area contributed by atoms with Crippen molar-refractivity contribution >= 4 is 62.7 Å². The van der Waals surface area contributed by atoms with E-state index in [1.165, 1.54) is 48.8 Å². The molecular weight excluding hydrogens is 488 g/mol. The predicted octanol–water partition coefficient (Wildman–Crippen LogP) is 5.05. The van der Waals surface area contributed by atoms with Gasteiger partial charge in [0, 0.05) is 82.1 Å². The van der Waals surface area contributed by atoms with Gasteiger partial charge in [0.1, 0.15) is 0 Å². The number of rotatable bonds is 0. The molecule has 0 fully saturated rings. The number of allylic oxidation sites excluding steroid dienone is 1. The first-order chi connectivity index (χ1) is 19.8. The molecule has 4 aromatic heterocycles. The number of aromatic nitrogens is 4. The second-order valence-corrected chi connectivity index (χ2v) is 10.9.